The van der Waals surface area contributed by atoms with E-state index in [1.165, 1.54) is 0 Å². The molecule has 0 spiro atoms. The molecule has 16 heavy (non-hydrogen) atoms. The maximum Gasteiger partial charge on any atom is 0.239 e. The average Bonchev–Trinajstić information content (AvgIpc) is 2.22. The van der Waals surface area contributed by atoms with E-state index in [0.29, 0.717) is 32.2 Å². The van der Waals surface area contributed by atoms with Crippen LogP contribution < -0.4 is 5.73 Å². The highest BCUT2D eigenvalue weighted by atomic mass is 16.5. The summed E-state index contributed by atoms with van der Waals surface area (Å²) in [6.45, 7) is 10.7. The van der Waals surface area contributed by atoms with Crippen LogP contribution in [0, 0.1) is 5.92 Å². The highest BCUT2D eigenvalue weighted by Gasteiger charge is 2.20. The lowest BCUT2D eigenvalue weighted by Crippen LogP contribution is -2.45. The fourth-order valence-corrected chi connectivity index (χ4v) is 1.59. The minimum atomic E-state index is -0.374. The summed E-state index contributed by atoms with van der Waals surface area (Å²) >= 11 is 0. The Hall–Kier alpha value is -0.610. The molecular weight excluding hydrogens is 204 g/mol. The zero-order valence-electron chi connectivity index (χ0n) is 11.0. The lowest BCUT2D eigenvalue weighted by Gasteiger charge is -2.25. The van der Waals surface area contributed by atoms with Gasteiger partial charge in [0.2, 0.25) is 5.91 Å². The molecule has 96 valence electrons. The van der Waals surface area contributed by atoms with Gasteiger partial charge in [0.1, 0.15) is 0 Å². The Bertz CT molecular complexity index is 195. The van der Waals surface area contributed by atoms with Crippen molar-refractivity contribution in [2.75, 3.05) is 26.3 Å². The van der Waals surface area contributed by atoms with Gasteiger partial charge in [-0.3, -0.25) is 4.79 Å². The van der Waals surface area contributed by atoms with E-state index in [1.807, 2.05) is 13.8 Å². The van der Waals surface area contributed by atoms with Crippen LogP contribution in [0.15, 0.2) is 0 Å². The summed E-state index contributed by atoms with van der Waals surface area (Å²) in [7, 11) is 0. The smallest absolute Gasteiger partial charge is 0.239 e. The van der Waals surface area contributed by atoms with Crippen molar-refractivity contribution < 1.29 is 9.53 Å². The zero-order valence-corrected chi connectivity index (χ0v) is 11.0. The number of carbonyl (C=O) groups is 1. The Morgan fingerprint density at radius 1 is 1.38 bits per heavy atom. The van der Waals surface area contributed by atoms with Crippen LogP contribution in [0.5, 0.6) is 0 Å². The number of nitrogens with two attached hydrogens (primary N) is 1. The number of amides is 1. The first-order valence-corrected chi connectivity index (χ1v) is 6.14. The molecule has 4 heteroatoms. The summed E-state index contributed by atoms with van der Waals surface area (Å²) < 4.78 is 5.24. The Labute approximate surface area is 99.1 Å². The maximum absolute atomic E-state index is 11.9. The van der Waals surface area contributed by atoms with Crippen LogP contribution in [0.25, 0.3) is 0 Å². The molecule has 0 saturated carbocycles. The van der Waals surface area contributed by atoms with Crippen molar-refractivity contribution in [3.05, 3.63) is 0 Å². The largest absolute Gasteiger partial charge is 0.380 e. The molecule has 0 heterocycles. The number of hydrogen-bond acceptors (Lipinski definition) is 3. The van der Waals surface area contributed by atoms with E-state index in [1.54, 1.807) is 4.90 Å². The van der Waals surface area contributed by atoms with Crippen LogP contribution in [0.4, 0.5) is 0 Å². The molecule has 0 unspecified atom stereocenters. The number of hydrogen-bond donors (Lipinski definition) is 1. The Balaban J connectivity index is 4.08. The molecule has 0 radical (unpaired) electrons. The van der Waals surface area contributed by atoms with Gasteiger partial charge in [0.15, 0.2) is 0 Å². The third-order valence-corrected chi connectivity index (χ3v) is 2.45. The van der Waals surface area contributed by atoms with Crippen LogP contribution in [-0.4, -0.2) is 43.2 Å². The normalized spacial score (nSPS) is 12.9. The van der Waals surface area contributed by atoms with E-state index in [-0.39, 0.29) is 11.9 Å². The molecule has 1 atom stereocenters. The van der Waals surface area contributed by atoms with Gasteiger partial charge in [0, 0.05) is 19.7 Å². The summed E-state index contributed by atoms with van der Waals surface area (Å²) in [4.78, 5) is 13.7. The topological polar surface area (TPSA) is 55.6 Å². The van der Waals surface area contributed by atoms with E-state index in [0.717, 1.165) is 6.42 Å². The number of ether oxygens (including phenoxy) is 1. The molecule has 0 bridgehead atoms. The molecule has 0 aliphatic rings. The first kappa shape index (κ1) is 15.4. The van der Waals surface area contributed by atoms with Gasteiger partial charge in [-0.15, -0.1) is 0 Å². The second kappa shape index (κ2) is 8.53. The van der Waals surface area contributed by atoms with Crippen LogP contribution in [0.1, 0.15) is 34.1 Å². The lowest BCUT2D eigenvalue weighted by molar-refractivity contribution is -0.133. The van der Waals surface area contributed by atoms with Crippen molar-refractivity contribution in [3.8, 4) is 0 Å². The van der Waals surface area contributed by atoms with Gasteiger partial charge in [-0.2, -0.15) is 0 Å². The zero-order chi connectivity index (χ0) is 12.6. The third kappa shape index (κ3) is 6.08. The molecular formula is C12H26N2O2. The van der Waals surface area contributed by atoms with Gasteiger partial charge in [0.25, 0.3) is 0 Å². The van der Waals surface area contributed by atoms with Crippen LogP contribution in [-0.2, 0) is 9.53 Å². The molecule has 1 amide bonds. The molecule has 4 nitrogen and oxygen atoms in total. The molecule has 0 saturated heterocycles. The number of rotatable bonds is 8. The summed E-state index contributed by atoms with van der Waals surface area (Å²) in [5.41, 5.74) is 5.87. The van der Waals surface area contributed by atoms with Crippen LogP contribution >= 0.6 is 0 Å². The fourth-order valence-electron chi connectivity index (χ4n) is 1.59. The van der Waals surface area contributed by atoms with Gasteiger partial charge in [0.05, 0.1) is 12.6 Å². The Kier molecular flexibility index (Phi) is 8.21. The van der Waals surface area contributed by atoms with Crippen molar-refractivity contribution in [1.82, 2.24) is 4.90 Å². The molecule has 2 N–H and O–H groups in total. The highest BCUT2D eigenvalue weighted by molar-refractivity contribution is 5.81. The molecule has 0 aromatic heterocycles. The first-order valence-electron chi connectivity index (χ1n) is 6.14. The number of carbonyl (C=O) groups excluding carboxylic acids is 1. The van der Waals surface area contributed by atoms with Gasteiger partial charge in [-0.05, 0) is 26.2 Å². The van der Waals surface area contributed by atoms with E-state index >= 15 is 0 Å². The number of nitrogens with zero attached hydrogens (tertiary/aromatic N) is 1. The fraction of sp³-hybridized carbons (Fsp3) is 0.917. The summed E-state index contributed by atoms with van der Waals surface area (Å²) in [5, 5.41) is 0. The van der Waals surface area contributed by atoms with Crippen molar-refractivity contribution in [1.29, 1.82) is 0 Å². The van der Waals surface area contributed by atoms with Crippen molar-refractivity contribution in [2.45, 2.75) is 40.2 Å². The van der Waals surface area contributed by atoms with Gasteiger partial charge in [-0.1, -0.05) is 13.8 Å². The molecule has 0 rings (SSSR count). The van der Waals surface area contributed by atoms with E-state index in [4.69, 9.17) is 10.5 Å². The Morgan fingerprint density at radius 3 is 2.44 bits per heavy atom. The predicted molar refractivity (Wildman–Crippen MR) is 66.2 cm³/mol. The quantitative estimate of drug-likeness (QED) is 0.638. The van der Waals surface area contributed by atoms with Crippen LogP contribution in [0.2, 0.25) is 0 Å². The SMILES string of the molecule is CCOCCN(CC)C(=O)[C@H](N)CC(C)C. The van der Waals surface area contributed by atoms with Gasteiger partial charge >= 0.3 is 0 Å². The minimum Gasteiger partial charge on any atom is -0.380 e. The predicted octanol–water partition coefficient (Wildman–Crippen LogP) is 1.24. The monoisotopic (exact) mass is 230 g/mol. The Morgan fingerprint density at radius 2 is 2.00 bits per heavy atom. The average molecular weight is 230 g/mol. The summed E-state index contributed by atoms with van der Waals surface area (Å²) in [6, 6.07) is -0.374. The van der Waals surface area contributed by atoms with E-state index in [2.05, 4.69) is 13.8 Å². The van der Waals surface area contributed by atoms with E-state index in [9.17, 15) is 4.79 Å². The summed E-state index contributed by atoms with van der Waals surface area (Å²) in [6.07, 6.45) is 0.740. The van der Waals surface area contributed by atoms with Crippen molar-refractivity contribution in [3.63, 3.8) is 0 Å². The van der Waals surface area contributed by atoms with Crippen LogP contribution in [0.3, 0.4) is 0 Å². The minimum absolute atomic E-state index is 0.0379. The number of likely N-dealkylation sites (N-methyl/N-ethyl adjacent to an activating group) is 1. The van der Waals surface area contributed by atoms with Crippen molar-refractivity contribution in [2.24, 2.45) is 11.7 Å². The molecule has 0 aliphatic heterocycles. The maximum atomic E-state index is 11.9. The second-order valence-electron chi connectivity index (χ2n) is 4.35. The van der Waals surface area contributed by atoms with E-state index < -0.39 is 0 Å². The first-order chi connectivity index (χ1) is 7.52. The second-order valence-corrected chi connectivity index (χ2v) is 4.35. The summed E-state index contributed by atoms with van der Waals surface area (Å²) in [5.74, 6) is 0.487. The molecule has 0 aromatic rings. The van der Waals surface area contributed by atoms with Crippen molar-refractivity contribution >= 4 is 5.91 Å². The molecule has 0 aromatic carbocycles. The van der Waals surface area contributed by atoms with Gasteiger partial charge in [-0.25, -0.2) is 0 Å². The molecule has 0 fully saturated rings. The van der Waals surface area contributed by atoms with Gasteiger partial charge < -0.3 is 15.4 Å². The molecule has 0 aliphatic carbocycles. The lowest BCUT2D eigenvalue weighted by atomic mass is 10.0. The standard InChI is InChI=1S/C12H26N2O2/c1-5-14(7-8-16-6-2)12(15)11(13)9-10(3)4/h10-11H,5-9,13H2,1-4H3/t11-/m1/s1. The highest BCUT2D eigenvalue weighted by Crippen LogP contribution is 2.05. The third-order valence-electron chi connectivity index (χ3n) is 2.45.